The van der Waals surface area contributed by atoms with Gasteiger partial charge in [-0.1, -0.05) is 11.6 Å². The zero-order valence-electron chi connectivity index (χ0n) is 18.6. The van der Waals surface area contributed by atoms with Gasteiger partial charge in [0.1, 0.15) is 5.75 Å². The number of amides is 1. The molecular formula is C24H28ClNO6. The van der Waals surface area contributed by atoms with Crippen molar-refractivity contribution in [3.63, 3.8) is 0 Å². The van der Waals surface area contributed by atoms with Gasteiger partial charge < -0.3 is 23.8 Å². The summed E-state index contributed by atoms with van der Waals surface area (Å²) >= 11 is 5.93. The second kappa shape index (κ2) is 11.1. The van der Waals surface area contributed by atoms with Gasteiger partial charge in [0.15, 0.2) is 18.1 Å². The number of carbonyl (C=O) groups is 2. The fraction of sp³-hybridized carbons (Fsp3) is 0.417. The molecule has 1 heterocycles. The Balaban J connectivity index is 1.41. The maximum absolute atomic E-state index is 12.5. The molecule has 172 valence electrons. The van der Waals surface area contributed by atoms with E-state index in [1.165, 1.54) is 0 Å². The molecule has 0 spiro atoms. The van der Waals surface area contributed by atoms with Crippen LogP contribution in [0.15, 0.2) is 30.3 Å². The van der Waals surface area contributed by atoms with E-state index in [-0.39, 0.29) is 18.9 Å². The molecular weight excluding hydrogens is 434 g/mol. The fourth-order valence-corrected chi connectivity index (χ4v) is 3.80. The lowest BCUT2D eigenvalue weighted by Gasteiger charge is -2.29. The molecule has 8 heteroatoms. The standard InChI is InChI=1S/C24H28ClNO6/c1-16-11-19(25)6-7-20(16)31-10-4-5-24(28)32-15-23(27)26-9-8-17-12-21(29-2)22(30-3)13-18(17)14-26/h6-7,11-13H,4-5,8-10,14-15H2,1-3H3. The monoisotopic (exact) mass is 461 g/mol. The minimum Gasteiger partial charge on any atom is -0.493 e. The first kappa shape index (κ1) is 23.7. The molecule has 0 saturated heterocycles. The molecule has 0 saturated carbocycles. The van der Waals surface area contributed by atoms with Crippen LogP contribution in [-0.4, -0.2) is 50.8 Å². The number of nitrogens with zero attached hydrogens (tertiary/aromatic N) is 1. The van der Waals surface area contributed by atoms with Gasteiger partial charge in [-0.25, -0.2) is 0 Å². The number of ether oxygens (including phenoxy) is 4. The minimum absolute atomic E-state index is 0.180. The highest BCUT2D eigenvalue weighted by Gasteiger charge is 2.23. The summed E-state index contributed by atoms with van der Waals surface area (Å²) in [4.78, 5) is 26.2. The lowest BCUT2D eigenvalue weighted by Crippen LogP contribution is -2.38. The Labute approximate surface area is 193 Å². The van der Waals surface area contributed by atoms with Crippen LogP contribution in [0, 0.1) is 6.92 Å². The second-order valence-electron chi connectivity index (χ2n) is 7.56. The number of hydrogen-bond acceptors (Lipinski definition) is 6. The number of hydrogen-bond donors (Lipinski definition) is 0. The predicted molar refractivity (Wildman–Crippen MR) is 121 cm³/mol. The summed E-state index contributed by atoms with van der Waals surface area (Å²) in [7, 11) is 3.18. The van der Waals surface area contributed by atoms with Crippen molar-refractivity contribution in [2.45, 2.75) is 32.7 Å². The molecule has 0 radical (unpaired) electrons. The molecule has 0 unspecified atom stereocenters. The Morgan fingerprint density at radius 3 is 2.44 bits per heavy atom. The van der Waals surface area contributed by atoms with Crippen molar-refractivity contribution in [2.75, 3.05) is 34.0 Å². The molecule has 7 nitrogen and oxygen atoms in total. The van der Waals surface area contributed by atoms with Crippen molar-refractivity contribution in [1.29, 1.82) is 0 Å². The molecule has 0 aliphatic carbocycles. The lowest BCUT2D eigenvalue weighted by atomic mass is 9.99. The SMILES string of the molecule is COc1cc2c(cc1OC)CN(C(=O)COC(=O)CCCOc1ccc(Cl)cc1C)CC2. The third-order valence-electron chi connectivity index (χ3n) is 5.35. The van der Waals surface area contributed by atoms with Gasteiger partial charge in [-0.15, -0.1) is 0 Å². The zero-order valence-corrected chi connectivity index (χ0v) is 19.4. The number of esters is 1. The summed E-state index contributed by atoms with van der Waals surface area (Å²) in [5.41, 5.74) is 3.06. The van der Waals surface area contributed by atoms with E-state index in [2.05, 4.69) is 0 Å². The number of halogens is 1. The molecule has 32 heavy (non-hydrogen) atoms. The molecule has 2 aromatic rings. The van der Waals surface area contributed by atoms with E-state index >= 15 is 0 Å². The van der Waals surface area contributed by atoms with Crippen LogP contribution in [0.25, 0.3) is 0 Å². The smallest absolute Gasteiger partial charge is 0.306 e. The van der Waals surface area contributed by atoms with Crippen LogP contribution >= 0.6 is 11.6 Å². The maximum Gasteiger partial charge on any atom is 0.306 e. The van der Waals surface area contributed by atoms with Crippen LogP contribution in [0.4, 0.5) is 0 Å². The molecule has 0 N–H and O–H groups in total. The van der Waals surface area contributed by atoms with Crippen LogP contribution in [0.1, 0.15) is 29.5 Å². The van der Waals surface area contributed by atoms with Gasteiger partial charge in [-0.05, 0) is 66.8 Å². The Hall–Kier alpha value is -2.93. The van der Waals surface area contributed by atoms with Gasteiger partial charge in [0, 0.05) is 24.5 Å². The summed E-state index contributed by atoms with van der Waals surface area (Å²) in [5, 5.41) is 0.652. The van der Waals surface area contributed by atoms with E-state index in [1.54, 1.807) is 31.3 Å². The van der Waals surface area contributed by atoms with Gasteiger partial charge in [0.05, 0.1) is 20.8 Å². The third-order valence-corrected chi connectivity index (χ3v) is 5.58. The first-order valence-electron chi connectivity index (χ1n) is 10.5. The van der Waals surface area contributed by atoms with Gasteiger partial charge in [-0.3, -0.25) is 9.59 Å². The summed E-state index contributed by atoms with van der Waals surface area (Å²) in [5.74, 6) is 1.40. The average Bonchev–Trinajstić information content (AvgIpc) is 2.79. The van der Waals surface area contributed by atoms with Crippen molar-refractivity contribution in [2.24, 2.45) is 0 Å². The van der Waals surface area contributed by atoms with Crippen molar-refractivity contribution in [3.05, 3.63) is 52.0 Å². The lowest BCUT2D eigenvalue weighted by molar-refractivity contribution is -0.152. The highest BCUT2D eigenvalue weighted by Crippen LogP contribution is 2.33. The molecule has 1 aliphatic heterocycles. The van der Waals surface area contributed by atoms with Crippen LogP contribution in [-0.2, 0) is 27.3 Å². The highest BCUT2D eigenvalue weighted by molar-refractivity contribution is 6.30. The van der Waals surface area contributed by atoms with E-state index in [1.807, 2.05) is 25.1 Å². The first-order valence-corrected chi connectivity index (χ1v) is 10.8. The maximum atomic E-state index is 12.5. The predicted octanol–water partition coefficient (Wildman–Crippen LogP) is 3.95. The van der Waals surface area contributed by atoms with Gasteiger partial charge in [-0.2, -0.15) is 0 Å². The summed E-state index contributed by atoms with van der Waals surface area (Å²) in [6.45, 7) is 3.03. The van der Waals surface area contributed by atoms with Crippen LogP contribution in [0.2, 0.25) is 5.02 Å². The molecule has 2 aromatic carbocycles. The normalized spacial score (nSPS) is 12.7. The summed E-state index contributed by atoms with van der Waals surface area (Å²) in [6, 6.07) is 9.22. The number of benzene rings is 2. The highest BCUT2D eigenvalue weighted by atomic mass is 35.5. The van der Waals surface area contributed by atoms with Crippen molar-refractivity contribution in [3.8, 4) is 17.2 Å². The third kappa shape index (κ3) is 6.07. The van der Waals surface area contributed by atoms with Crippen LogP contribution in [0.3, 0.4) is 0 Å². The van der Waals surface area contributed by atoms with Crippen molar-refractivity contribution >= 4 is 23.5 Å². The van der Waals surface area contributed by atoms with E-state index in [9.17, 15) is 9.59 Å². The zero-order chi connectivity index (χ0) is 23.1. The van der Waals surface area contributed by atoms with Gasteiger partial charge in [0.2, 0.25) is 0 Å². The second-order valence-corrected chi connectivity index (χ2v) is 8.00. The Morgan fingerprint density at radius 1 is 1.03 bits per heavy atom. The van der Waals surface area contributed by atoms with Crippen LogP contribution in [0.5, 0.6) is 17.2 Å². The Morgan fingerprint density at radius 2 is 1.75 bits per heavy atom. The average molecular weight is 462 g/mol. The van der Waals surface area contributed by atoms with Crippen molar-refractivity contribution < 1.29 is 28.5 Å². The number of aryl methyl sites for hydroxylation is 1. The quantitative estimate of drug-likeness (QED) is 0.416. The number of rotatable bonds is 9. The topological polar surface area (TPSA) is 74.3 Å². The number of methoxy groups -OCH3 is 2. The Bertz CT molecular complexity index is 977. The Kier molecular flexibility index (Phi) is 8.22. The van der Waals surface area contributed by atoms with Gasteiger partial charge in [0.25, 0.3) is 5.91 Å². The molecule has 0 atom stereocenters. The fourth-order valence-electron chi connectivity index (χ4n) is 3.58. The van der Waals surface area contributed by atoms with E-state index < -0.39 is 5.97 Å². The van der Waals surface area contributed by atoms with E-state index in [0.717, 1.165) is 22.4 Å². The van der Waals surface area contributed by atoms with E-state index in [0.29, 0.717) is 49.1 Å². The first-order chi connectivity index (χ1) is 15.4. The van der Waals surface area contributed by atoms with Gasteiger partial charge >= 0.3 is 5.97 Å². The molecule has 0 bridgehead atoms. The molecule has 0 aromatic heterocycles. The van der Waals surface area contributed by atoms with E-state index in [4.69, 9.17) is 30.5 Å². The number of fused-ring (bicyclic) bond motifs is 1. The van der Waals surface area contributed by atoms with Crippen LogP contribution < -0.4 is 14.2 Å². The molecule has 3 rings (SSSR count). The number of carbonyl (C=O) groups excluding carboxylic acids is 2. The molecule has 1 aliphatic rings. The summed E-state index contributed by atoms with van der Waals surface area (Å²) in [6.07, 6.45) is 1.38. The minimum atomic E-state index is -0.418. The molecule has 1 amide bonds. The summed E-state index contributed by atoms with van der Waals surface area (Å²) < 4.78 is 21.5. The largest absolute Gasteiger partial charge is 0.493 e. The van der Waals surface area contributed by atoms with Crippen molar-refractivity contribution in [1.82, 2.24) is 4.90 Å². The molecule has 0 fully saturated rings.